The zero-order valence-corrected chi connectivity index (χ0v) is 12.6. The van der Waals surface area contributed by atoms with Crippen LogP contribution in [-0.4, -0.2) is 42.8 Å². The Morgan fingerprint density at radius 2 is 2.00 bits per heavy atom. The largest absolute Gasteiger partial charge is 0.395 e. The molecule has 0 aliphatic rings. The van der Waals surface area contributed by atoms with Crippen LogP contribution >= 0.6 is 22.6 Å². The Morgan fingerprint density at radius 1 is 1.35 bits per heavy atom. The molecule has 0 unspecified atom stereocenters. The van der Waals surface area contributed by atoms with Crippen molar-refractivity contribution in [3.63, 3.8) is 0 Å². The molecule has 0 amide bonds. The van der Waals surface area contributed by atoms with E-state index in [4.69, 9.17) is 0 Å². The molecule has 1 aromatic rings. The van der Waals surface area contributed by atoms with E-state index in [0.717, 1.165) is 25.2 Å². The van der Waals surface area contributed by atoms with Crippen molar-refractivity contribution in [1.29, 1.82) is 0 Å². The monoisotopic (exact) mass is 348 g/mol. The number of halogens is 1. The fourth-order valence-electron chi connectivity index (χ4n) is 1.71. The van der Waals surface area contributed by atoms with Crippen LogP contribution in [0, 0.1) is 3.57 Å². The van der Waals surface area contributed by atoms with E-state index < -0.39 is 0 Å². The van der Waals surface area contributed by atoms with Crippen LogP contribution in [-0.2, 0) is 0 Å². The van der Waals surface area contributed by atoms with Gasteiger partial charge in [-0.2, -0.15) is 0 Å². The summed E-state index contributed by atoms with van der Waals surface area (Å²) < 4.78 is 1.25. The summed E-state index contributed by atoms with van der Waals surface area (Å²) in [6.07, 6.45) is 0.983. The van der Waals surface area contributed by atoms with Gasteiger partial charge in [-0.25, -0.2) is 0 Å². The van der Waals surface area contributed by atoms with Crippen LogP contribution in [0.4, 0.5) is 5.69 Å². The third-order valence-corrected chi connectivity index (χ3v) is 3.66. The van der Waals surface area contributed by atoms with E-state index in [0.29, 0.717) is 0 Å². The van der Waals surface area contributed by atoms with Gasteiger partial charge in [0.15, 0.2) is 0 Å². The van der Waals surface area contributed by atoms with E-state index in [1.54, 1.807) is 0 Å². The average Bonchev–Trinajstić information content (AvgIpc) is 2.33. The van der Waals surface area contributed by atoms with E-state index >= 15 is 0 Å². The molecule has 0 saturated carbocycles. The first kappa shape index (κ1) is 14.7. The lowest BCUT2D eigenvalue weighted by molar-refractivity contribution is 0.147. The Bertz CT molecular complexity index is 312. The summed E-state index contributed by atoms with van der Waals surface area (Å²) in [7, 11) is 2.06. The van der Waals surface area contributed by atoms with E-state index in [9.17, 15) is 5.11 Å². The van der Waals surface area contributed by atoms with Crippen molar-refractivity contribution >= 4 is 28.3 Å². The maximum absolute atomic E-state index is 9.18. The Hall–Kier alpha value is -0.330. The van der Waals surface area contributed by atoms with Crippen molar-refractivity contribution in [1.82, 2.24) is 4.90 Å². The minimum atomic E-state index is 0.233. The second-order valence-electron chi connectivity index (χ2n) is 4.16. The minimum absolute atomic E-state index is 0.233. The molecule has 1 rings (SSSR count). The van der Waals surface area contributed by atoms with Crippen molar-refractivity contribution < 1.29 is 5.11 Å². The van der Waals surface area contributed by atoms with Gasteiger partial charge in [0.25, 0.3) is 0 Å². The van der Waals surface area contributed by atoms with Crippen LogP contribution in [0.2, 0.25) is 0 Å². The number of hydrogen-bond acceptors (Lipinski definition) is 3. The van der Waals surface area contributed by atoms with Crippen LogP contribution in [0.1, 0.15) is 13.3 Å². The Balaban J connectivity index is 2.30. The Labute approximate surface area is 117 Å². The number of hydrogen-bond donors (Lipinski definition) is 2. The molecule has 17 heavy (non-hydrogen) atoms. The van der Waals surface area contributed by atoms with Crippen molar-refractivity contribution in [3.8, 4) is 0 Å². The highest BCUT2D eigenvalue weighted by Crippen LogP contribution is 2.10. The molecule has 0 saturated heterocycles. The number of benzene rings is 1. The Kier molecular flexibility index (Phi) is 6.84. The molecule has 3 nitrogen and oxygen atoms in total. The first-order valence-corrected chi connectivity index (χ1v) is 7.05. The van der Waals surface area contributed by atoms with Gasteiger partial charge >= 0.3 is 0 Å². The summed E-state index contributed by atoms with van der Waals surface area (Å²) in [5, 5.41) is 12.6. The van der Waals surface area contributed by atoms with Gasteiger partial charge in [0.1, 0.15) is 0 Å². The van der Waals surface area contributed by atoms with Crippen molar-refractivity contribution in [2.24, 2.45) is 0 Å². The predicted molar refractivity (Wildman–Crippen MR) is 81.4 cm³/mol. The van der Waals surface area contributed by atoms with Crippen LogP contribution in [0.25, 0.3) is 0 Å². The van der Waals surface area contributed by atoms with Gasteiger partial charge in [0.2, 0.25) is 0 Å². The number of aliphatic hydroxyl groups excluding tert-OH is 1. The second kappa shape index (κ2) is 7.89. The summed E-state index contributed by atoms with van der Waals surface area (Å²) in [5.74, 6) is 0. The molecule has 0 fully saturated rings. The number of nitrogens with one attached hydrogen (secondary N) is 1. The number of likely N-dealkylation sites (N-methyl/N-ethyl adjacent to an activating group) is 1. The van der Waals surface area contributed by atoms with Gasteiger partial charge in [-0.15, -0.1) is 0 Å². The summed E-state index contributed by atoms with van der Waals surface area (Å²) in [5.41, 5.74) is 1.15. The second-order valence-corrected chi connectivity index (χ2v) is 5.40. The molecule has 0 bridgehead atoms. The highest BCUT2D eigenvalue weighted by molar-refractivity contribution is 14.1. The molecule has 0 heterocycles. The minimum Gasteiger partial charge on any atom is -0.395 e. The molecule has 0 aliphatic carbocycles. The topological polar surface area (TPSA) is 35.5 Å². The smallest absolute Gasteiger partial charge is 0.0586 e. The van der Waals surface area contributed by atoms with E-state index in [1.807, 2.05) is 0 Å². The zero-order chi connectivity index (χ0) is 12.7. The van der Waals surface area contributed by atoms with E-state index in [2.05, 4.69) is 71.0 Å². The number of nitrogens with zero attached hydrogens (tertiary/aromatic N) is 1. The van der Waals surface area contributed by atoms with Gasteiger partial charge in [-0.05, 0) is 60.3 Å². The molecule has 0 aliphatic heterocycles. The third-order valence-electron chi connectivity index (χ3n) is 2.94. The SMILES string of the molecule is CC[C@@H](CO)N(C)CCNc1ccc(I)cc1. The lowest BCUT2D eigenvalue weighted by atomic mass is 10.2. The molecule has 1 atom stereocenters. The molecular formula is C13H21IN2O. The lowest BCUT2D eigenvalue weighted by Gasteiger charge is -2.25. The lowest BCUT2D eigenvalue weighted by Crippen LogP contribution is -2.37. The molecule has 4 heteroatoms. The molecule has 0 aromatic heterocycles. The van der Waals surface area contributed by atoms with Gasteiger partial charge in [-0.3, -0.25) is 4.90 Å². The van der Waals surface area contributed by atoms with E-state index in [1.165, 1.54) is 3.57 Å². The predicted octanol–water partition coefficient (Wildman–Crippen LogP) is 2.41. The number of anilines is 1. The van der Waals surface area contributed by atoms with Gasteiger partial charge in [0.05, 0.1) is 6.61 Å². The standard InChI is InChI=1S/C13H21IN2O/c1-3-13(10-17)16(2)9-8-15-12-6-4-11(14)5-7-12/h4-7,13,15,17H,3,8-10H2,1-2H3/t13-/m0/s1. The maximum Gasteiger partial charge on any atom is 0.0586 e. The zero-order valence-electron chi connectivity index (χ0n) is 10.5. The first-order valence-electron chi connectivity index (χ1n) is 5.98. The Morgan fingerprint density at radius 3 is 2.53 bits per heavy atom. The fraction of sp³-hybridized carbons (Fsp3) is 0.538. The van der Waals surface area contributed by atoms with Crippen molar-refractivity contribution in [2.75, 3.05) is 32.1 Å². The van der Waals surface area contributed by atoms with Gasteiger partial charge in [0, 0.05) is 28.4 Å². The molecule has 0 spiro atoms. The molecule has 1 aromatic carbocycles. The van der Waals surface area contributed by atoms with E-state index in [-0.39, 0.29) is 12.6 Å². The maximum atomic E-state index is 9.18. The highest BCUT2D eigenvalue weighted by Gasteiger charge is 2.10. The normalized spacial score (nSPS) is 12.8. The number of aliphatic hydroxyl groups is 1. The van der Waals surface area contributed by atoms with Gasteiger partial charge in [-0.1, -0.05) is 6.92 Å². The summed E-state index contributed by atoms with van der Waals surface area (Å²) in [6, 6.07) is 8.63. The quantitative estimate of drug-likeness (QED) is 0.743. The molecular weight excluding hydrogens is 327 g/mol. The molecule has 96 valence electrons. The number of rotatable bonds is 7. The first-order chi connectivity index (χ1) is 8.17. The van der Waals surface area contributed by atoms with Crippen LogP contribution in [0.15, 0.2) is 24.3 Å². The summed E-state index contributed by atoms with van der Waals surface area (Å²) in [4.78, 5) is 2.19. The third kappa shape index (κ3) is 5.23. The molecule has 0 radical (unpaired) electrons. The fourth-order valence-corrected chi connectivity index (χ4v) is 2.07. The summed E-state index contributed by atoms with van der Waals surface area (Å²) >= 11 is 2.30. The van der Waals surface area contributed by atoms with Crippen molar-refractivity contribution in [2.45, 2.75) is 19.4 Å². The molecule has 2 N–H and O–H groups in total. The van der Waals surface area contributed by atoms with Crippen LogP contribution in [0.5, 0.6) is 0 Å². The van der Waals surface area contributed by atoms with Crippen LogP contribution in [0.3, 0.4) is 0 Å². The van der Waals surface area contributed by atoms with Gasteiger partial charge < -0.3 is 10.4 Å². The van der Waals surface area contributed by atoms with Crippen LogP contribution < -0.4 is 5.32 Å². The van der Waals surface area contributed by atoms with Crippen molar-refractivity contribution in [3.05, 3.63) is 27.8 Å². The highest BCUT2D eigenvalue weighted by atomic mass is 127. The summed E-state index contributed by atoms with van der Waals surface area (Å²) in [6.45, 7) is 4.17. The average molecular weight is 348 g/mol.